The molecule has 0 aromatic heterocycles. The van der Waals surface area contributed by atoms with E-state index < -0.39 is 0 Å². The molecule has 0 saturated carbocycles. The molecular weight excluding hydrogens is 757 g/mol. The van der Waals surface area contributed by atoms with Gasteiger partial charge in [-0.3, -0.25) is 9.59 Å². The Bertz CT molecular complexity index is 2300. The second-order valence-electron chi connectivity index (χ2n) is 14.8. The molecule has 0 saturated heterocycles. The maximum Gasteiger partial charge on any atom is 0.331 e. The third-order valence-electron chi connectivity index (χ3n) is 9.47. The van der Waals surface area contributed by atoms with E-state index in [9.17, 15) is 19.2 Å². The van der Waals surface area contributed by atoms with Crippen LogP contribution in [0.4, 0.5) is 0 Å². The van der Waals surface area contributed by atoms with Crippen LogP contribution in [0.15, 0.2) is 176 Å². The molecule has 2 unspecified atom stereocenters. The van der Waals surface area contributed by atoms with Crippen LogP contribution in [-0.4, -0.2) is 36.7 Å². The van der Waals surface area contributed by atoms with Gasteiger partial charge in [0.2, 0.25) is 0 Å². The molecule has 0 radical (unpaired) electrons. The smallest absolute Gasteiger partial charge is 0.331 e. The van der Waals surface area contributed by atoms with Crippen LogP contribution >= 0.6 is 0 Å². The summed E-state index contributed by atoms with van der Waals surface area (Å²) in [4.78, 5) is 45.4. The first kappa shape index (κ1) is 46.5. The summed E-state index contributed by atoms with van der Waals surface area (Å²) < 4.78 is 9.58. The average molecular weight is 811 g/mol. The number of hydrogen-bond acceptors (Lipinski definition) is 6. The Morgan fingerprint density at radius 1 is 0.492 bits per heavy atom. The van der Waals surface area contributed by atoms with Gasteiger partial charge >= 0.3 is 11.9 Å². The molecule has 1 aliphatic heterocycles. The lowest BCUT2D eigenvalue weighted by Gasteiger charge is -2.25. The summed E-state index contributed by atoms with van der Waals surface area (Å²) in [5, 5.41) is 0. The van der Waals surface area contributed by atoms with E-state index in [1.807, 2.05) is 193 Å². The van der Waals surface area contributed by atoms with Gasteiger partial charge in [0.15, 0.2) is 11.6 Å². The Labute approximate surface area is 361 Å². The van der Waals surface area contributed by atoms with E-state index in [4.69, 9.17) is 4.74 Å². The summed E-state index contributed by atoms with van der Waals surface area (Å²) in [6, 6.07) is 39.3. The van der Waals surface area contributed by atoms with Gasteiger partial charge in [0, 0.05) is 29.2 Å². The predicted octanol–water partition coefficient (Wildman–Crippen LogP) is 12.2. The third kappa shape index (κ3) is 16.9. The molecule has 2 atom stereocenters. The summed E-state index contributed by atoms with van der Waals surface area (Å²) in [5.74, 6) is -0.256. The fraction of sp³-hybridized carbons (Fsp3) is 0.164. The van der Waals surface area contributed by atoms with Crippen molar-refractivity contribution in [2.45, 2.75) is 47.6 Å². The highest BCUT2D eigenvalue weighted by Gasteiger charge is 2.24. The number of rotatable bonds is 8. The highest BCUT2D eigenvalue weighted by atomic mass is 16.5. The summed E-state index contributed by atoms with van der Waals surface area (Å²) in [6.45, 7) is 12.1. The Morgan fingerprint density at radius 2 is 0.836 bits per heavy atom. The number of ether oxygens (including phenoxy) is 2. The molecule has 5 aromatic rings. The van der Waals surface area contributed by atoms with Crippen molar-refractivity contribution in [1.82, 2.24) is 0 Å². The summed E-state index contributed by atoms with van der Waals surface area (Å²) in [6.07, 6.45) is 19.5. The average Bonchev–Trinajstić information content (AvgIpc) is 3.26. The van der Waals surface area contributed by atoms with Crippen molar-refractivity contribution in [3.05, 3.63) is 231 Å². The lowest BCUT2D eigenvalue weighted by Crippen LogP contribution is -2.27. The van der Waals surface area contributed by atoms with Gasteiger partial charge in [-0.2, -0.15) is 0 Å². The van der Waals surface area contributed by atoms with Crippen LogP contribution in [-0.2, 0) is 19.1 Å². The van der Waals surface area contributed by atoms with Gasteiger partial charge in [0.1, 0.15) is 6.10 Å². The molecule has 6 nitrogen and oxygen atoms in total. The van der Waals surface area contributed by atoms with E-state index in [0.29, 0.717) is 0 Å². The SMILES string of the molecule is CC1=CC2OC(=O)C=CC2C=C1.COC(=O)/C=C/c1ccc(C)cc1.Cc1ccc(/C=C/C(=O)c2ccc(C)cc2)cc1.Cc1ccc(/C=C/C(=O)c2ccc(C)cc2)cc1. The van der Waals surface area contributed by atoms with E-state index >= 15 is 0 Å². The molecular formula is C55H54O6. The highest BCUT2D eigenvalue weighted by molar-refractivity contribution is 6.07. The molecule has 0 N–H and O–H groups in total. The zero-order valence-electron chi connectivity index (χ0n) is 36.0. The Kier molecular flexibility index (Phi) is 18.3. The predicted molar refractivity (Wildman–Crippen MR) is 249 cm³/mol. The molecule has 1 heterocycles. The zero-order chi connectivity index (χ0) is 44.1. The Hall–Kier alpha value is -7.18. The van der Waals surface area contributed by atoms with Crippen LogP contribution in [0.5, 0.6) is 0 Å². The number of benzene rings is 5. The van der Waals surface area contributed by atoms with Crippen molar-refractivity contribution in [3.8, 4) is 0 Å². The molecule has 0 spiro atoms. The van der Waals surface area contributed by atoms with Crippen LogP contribution in [0.3, 0.4) is 0 Å². The molecule has 0 amide bonds. The standard InChI is InChI=1S/2C17H16O.C11H12O2.C10H10O2/c2*1-13-3-7-15(8-4-13)9-12-17(18)16-10-5-14(2)6-11-16;1-9-3-5-10(6-4-9)7-8-11(12)13-2;1-7-2-3-8-4-5-10(11)12-9(8)6-7/h2*3-12H,1-2H3;3-8H,1-2H3;2-6,8-9H,1H3/b2*12-9+;8-7+;. The fourth-order valence-corrected chi connectivity index (χ4v) is 5.68. The maximum absolute atomic E-state index is 11.9. The van der Waals surface area contributed by atoms with Gasteiger partial charge in [-0.1, -0.05) is 185 Å². The number of fused-ring (bicyclic) bond motifs is 1. The van der Waals surface area contributed by atoms with Gasteiger partial charge in [-0.15, -0.1) is 0 Å². The topological polar surface area (TPSA) is 86.7 Å². The van der Waals surface area contributed by atoms with Crippen LogP contribution in [0.2, 0.25) is 0 Å². The van der Waals surface area contributed by atoms with Crippen molar-refractivity contribution in [2.75, 3.05) is 7.11 Å². The first-order valence-corrected chi connectivity index (χ1v) is 20.1. The molecule has 61 heavy (non-hydrogen) atoms. The lowest BCUT2D eigenvalue weighted by atomic mass is 9.92. The van der Waals surface area contributed by atoms with Crippen molar-refractivity contribution < 1.29 is 28.7 Å². The fourth-order valence-electron chi connectivity index (χ4n) is 5.68. The number of methoxy groups -OCH3 is 1. The van der Waals surface area contributed by atoms with E-state index in [2.05, 4.69) is 10.8 Å². The van der Waals surface area contributed by atoms with Crippen molar-refractivity contribution in [2.24, 2.45) is 5.92 Å². The summed E-state index contributed by atoms with van der Waals surface area (Å²) in [7, 11) is 1.36. The van der Waals surface area contributed by atoms with Gasteiger partial charge in [-0.05, 0) is 82.5 Å². The van der Waals surface area contributed by atoms with E-state index in [1.165, 1.54) is 36.0 Å². The second-order valence-corrected chi connectivity index (χ2v) is 14.8. The highest BCUT2D eigenvalue weighted by Crippen LogP contribution is 2.24. The third-order valence-corrected chi connectivity index (χ3v) is 9.47. The minimum Gasteiger partial charge on any atom is -0.466 e. The molecule has 7 rings (SSSR count). The molecule has 0 bridgehead atoms. The number of ketones is 2. The molecule has 5 aromatic carbocycles. The largest absolute Gasteiger partial charge is 0.466 e. The first-order valence-electron chi connectivity index (χ1n) is 20.1. The van der Waals surface area contributed by atoms with Crippen LogP contribution in [0, 0.1) is 40.5 Å². The van der Waals surface area contributed by atoms with Gasteiger partial charge in [0.05, 0.1) is 7.11 Å². The molecule has 0 fully saturated rings. The van der Waals surface area contributed by atoms with Crippen LogP contribution in [0.25, 0.3) is 18.2 Å². The molecule has 1 aliphatic carbocycles. The normalized spacial score (nSPS) is 14.9. The number of hydrogen-bond donors (Lipinski definition) is 0. The van der Waals surface area contributed by atoms with E-state index in [0.717, 1.165) is 44.5 Å². The van der Waals surface area contributed by atoms with Crippen molar-refractivity contribution in [3.63, 3.8) is 0 Å². The van der Waals surface area contributed by atoms with Gasteiger partial charge in [-0.25, -0.2) is 9.59 Å². The Balaban J connectivity index is 0.000000182. The molecule has 2 aliphatic rings. The zero-order valence-corrected chi connectivity index (χ0v) is 36.0. The molecule has 6 heteroatoms. The quantitative estimate of drug-likeness (QED) is 0.0881. The van der Waals surface area contributed by atoms with Gasteiger partial charge < -0.3 is 9.47 Å². The maximum atomic E-state index is 11.9. The van der Waals surface area contributed by atoms with Crippen LogP contribution < -0.4 is 0 Å². The first-order chi connectivity index (χ1) is 29.3. The minimum atomic E-state index is -0.333. The Morgan fingerprint density at radius 3 is 1.21 bits per heavy atom. The summed E-state index contributed by atoms with van der Waals surface area (Å²) >= 11 is 0. The van der Waals surface area contributed by atoms with Gasteiger partial charge in [0.25, 0.3) is 0 Å². The molecule has 310 valence electrons. The van der Waals surface area contributed by atoms with E-state index in [-0.39, 0.29) is 35.5 Å². The van der Waals surface area contributed by atoms with Crippen molar-refractivity contribution >= 4 is 41.7 Å². The number of allylic oxidation sites excluding steroid dienone is 4. The number of esters is 2. The lowest BCUT2D eigenvalue weighted by molar-refractivity contribution is -0.143. The second kappa shape index (κ2) is 24.0. The number of aryl methyl sites for hydroxylation is 5. The monoisotopic (exact) mass is 810 g/mol. The van der Waals surface area contributed by atoms with E-state index in [1.54, 1.807) is 18.2 Å². The minimum absolute atomic E-state index is 0.0376. The summed E-state index contributed by atoms with van der Waals surface area (Å²) in [5.41, 5.74) is 11.7. The van der Waals surface area contributed by atoms with Crippen molar-refractivity contribution in [1.29, 1.82) is 0 Å². The number of carbonyl (C=O) groups excluding carboxylic acids is 4. The number of carbonyl (C=O) groups is 4. The van der Waals surface area contributed by atoms with Crippen LogP contribution in [0.1, 0.15) is 72.1 Å².